The molecule has 0 bridgehead atoms. The van der Waals surface area contributed by atoms with Gasteiger partial charge in [0.1, 0.15) is 5.70 Å². The fourth-order valence-electron chi connectivity index (χ4n) is 2.88. The maximum atomic E-state index is 13.0. The van der Waals surface area contributed by atoms with Crippen molar-refractivity contribution in [2.45, 2.75) is 20.3 Å². The number of anilines is 1. The van der Waals surface area contributed by atoms with Gasteiger partial charge in [0.05, 0.1) is 5.57 Å². The number of thiophene rings is 1. The first-order valence-electron chi connectivity index (χ1n) is 8.78. The Morgan fingerprint density at radius 2 is 2.04 bits per heavy atom. The maximum absolute atomic E-state index is 13.0. The van der Waals surface area contributed by atoms with Gasteiger partial charge in [-0.15, -0.1) is 11.3 Å². The molecular weight excluding hydrogens is 384 g/mol. The highest BCUT2D eigenvalue weighted by Crippen LogP contribution is 2.34. The average Bonchev–Trinajstić information content (AvgIpc) is 3.24. The fourth-order valence-corrected chi connectivity index (χ4v) is 3.82. The van der Waals surface area contributed by atoms with Gasteiger partial charge in [-0.2, -0.15) is 0 Å². The zero-order valence-electron chi connectivity index (χ0n) is 15.3. The van der Waals surface area contributed by atoms with Gasteiger partial charge >= 0.3 is 0 Å². The number of rotatable bonds is 8. The number of amides is 2. The third-order valence-corrected chi connectivity index (χ3v) is 5.39. The molecule has 2 aromatic rings. The Hall–Kier alpha value is -2.15. The van der Waals surface area contributed by atoms with Crippen molar-refractivity contribution in [3.05, 3.63) is 56.9 Å². The lowest BCUT2D eigenvalue weighted by Gasteiger charge is -2.15. The van der Waals surface area contributed by atoms with Gasteiger partial charge in [-0.1, -0.05) is 23.7 Å². The second-order valence-corrected chi connectivity index (χ2v) is 7.51. The van der Waals surface area contributed by atoms with Gasteiger partial charge in [-0.05, 0) is 49.4 Å². The minimum atomic E-state index is -0.320. The van der Waals surface area contributed by atoms with E-state index in [0.717, 1.165) is 10.4 Å². The van der Waals surface area contributed by atoms with E-state index in [0.29, 0.717) is 48.2 Å². The van der Waals surface area contributed by atoms with Crippen molar-refractivity contribution in [2.24, 2.45) is 0 Å². The van der Waals surface area contributed by atoms with Gasteiger partial charge in [-0.25, -0.2) is 0 Å². The van der Waals surface area contributed by atoms with Crippen LogP contribution in [0.1, 0.15) is 23.8 Å². The molecule has 3 rings (SSSR count). The lowest BCUT2D eigenvalue weighted by molar-refractivity contribution is -0.137. The molecule has 1 aromatic heterocycles. The molecule has 0 atom stereocenters. The van der Waals surface area contributed by atoms with E-state index < -0.39 is 0 Å². The lowest BCUT2D eigenvalue weighted by atomic mass is 10.1. The Bertz CT molecular complexity index is 877. The first-order chi connectivity index (χ1) is 13.0. The van der Waals surface area contributed by atoms with Gasteiger partial charge in [-0.3, -0.25) is 14.5 Å². The summed E-state index contributed by atoms with van der Waals surface area (Å²) in [4.78, 5) is 28.0. The molecule has 1 aliphatic heterocycles. The number of carbonyl (C=O) groups excluding carboxylic acids is 2. The Kier molecular flexibility index (Phi) is 6.31. The zero-order valence-corrected chi connectivity index (χ0v) is 16.8. The summed E-state index contributed by atoms with van der Waals surface area (Å²) >= 11 is 7.53. The minimum Gasteiger partial charge on any atom is -0.382 e. The van der Waals surface area contributed by atoms with Crippen LogP contribution in [0.25, 0.3) is 5.57 Å². The first-order valence-corrected chi connectivity index (χ1v) is 10.0. The van der Waals surface area contributed by atoms with Gasteiger partial charge in [0.25, 0.3) is 11.8 Å². The van der Waals surface area contributed by atoms with Crippen molar-refractivity contribution < 1.29 is 14.3 Å². The molecule has 1 aromatic carbocycles. The summed E-state index contributed by atoms with van der Waals surface area (Å²) in [6, 6.07) is 9.13. The normalized spacial score (nSPS) is 14.4. The van der Waals surface area contributed by atoms with Crippen molar-refractivity contribution in [3.8, 4) is 0 Å². The molecule has 0 aliphatic carbocycles. The molecule has 2 heterocycles. The summed E-state index contributed by atoms with van der Waals surface area (Å²) < 4.78 is 5.32. The number of hydrogen-bond acceptors (Lipinski definition) is 5. The van der Waals surface area contributed by atoms with Crippen LogP contribution in [0.15, 0.2) is 41.4 Å². The highest BCUT2D eigenvalue weighted by atomic mass is 35.5. The van der Waals surface area contributed by atoms with Crippen LogP contribution in [0.5, 0.6) is 0 Å². The number of benzene rings is 1. The van der Waals surface area contributed by atoms with Crippen molar-refractivity contribution in [1.82, 2.24) is 4.90 Å². The van der Waals surface area contributed by atoms with Gasteiger partial charge in [0.2, 0.25) is 0 Å². The van der Waals surface area contributed by atoms with Crippen LogP contribution in [0.4, 0.5) is 5.69 Å². The molecule has 1 N–H and O–H groups in total. The van der Waals surface area contributed by atoms with Crippen LogP contribution >= 0.6 is 22.9 Å². The number of hydrogen-bond donors (Lipinski definition) is 1. The molecule has 7 heteroatoms. The summed E-state index contributed by atoms with van der Waals surface area (Å²) in [6.45, 7) is 5.29. The second-order valence-electron chi connectivity index (χ2n) is 6.12. The van der Waals surface area contributed by atoms with E-state index in [9.17, 15) is 9.59 Å². The second kappa shape index (κ2) is 8.69. The van der Waals surface area contributed by atoms with Crippen LogP contribution < -0.4 is 5.32 Å². The predicted molar refractivity (Wildman–Crippen MR) is 109 cm³/mol. The van der Waals surface area contributed by atoms with Crippen molar-refractivity contribution in [2.75, 3.05) is 25.1 Å². The van der Waals surface area contributed by atoms with E-state index in [1.54, 1.807) is 12.1 Å². The summed E-state index contributed by atoms with van der Waals surface area (Å²) in [6.07, 6.45) is 0.604. The van der Waals surface area contributed by atoms with E-state index in [1.807, 2.05) is 37.4 Å². The number of aryl methyl sites for hydroxylation is 1. The minimum absolute atomic E-state index is 0.277. The van der Waals surface area contributed by atoms with Crippen LogP contribution in [-0.4, -0.2) is 36.5 Å². The third kappa shape index (κ3) is 4.24. The predicted octanol–water partition coefficient (Wildman–Crippen LogP) is 4.33. The molecule has 2 amide bonds. The quantitative estimate of drug-likeness (QED) is 0.525. The zero-order chi connectivity index (χ0) is 19.4. The number of halogens is 1. The first kappa shape index (κ1) is 19.6. The molecule has 27 heavy (non-hydrogen) atoms. The molecule has 0 saturated heterocycles. The van der Waals surface area contributed by atoms with Crippen molar-refractivity contribution >= 4 is 46.0 Å². The summed E-state index contributed by atoms with van der Waals surface area (Å²) in [5, 5.41) is 5.61. The number of nitrogens with zero attached hydrogens (tertiary/aromatic N) is 1. The monoisotopic (exact) mass is 404 g/mol. The van der Waals surface area contributed by atoms with Gasteiger partial charge in [0, 0.05) is 35.3 Å². The third-order valence-electron chi connectivity index (χ3n) is 4.27. The number of carbonyl (C=O) groups is 2. The van der Waals surface area contributed by atoms with E-state index in [4.69, 9.17) is 16.3 Å². The Balaban J connectivity index is 1.92. The molecule has 5 nitrogen and oxygen atoms in total. The van der Waals surface area contributed by atoms with Gasteiger partial charge in [0.15, 0.2) is 0 Å². The van der Waals surface area contributed by atoms with Crippen molar-refractivity contribution in [3.63, 3.8) is 0 Å². The molecule has 0 unspecified atom stereocenters. The SMILES string of the molecule is CCOCCCN1C(=O)C(Nc2cc(Cl)ccc2C)=C(c2cccs2)C1=O. The standard InChI is InChI=1S/C20H21ClN2O3S/c1-3-26-10-5-9-23-19(24)17(16-6-4-11-27-16)18(20(23)25)22-15-12-14(21)8-7-13(15)2/h4,6-8,11-12,22H,3,5,9-10H2,1-2H3. The molecule has 0 radical (unpaired) electrons. The van der Waals surface area contributed by atoms with E-state index >= 15 is 0 Å². The number of imide groups is 1. The summed E-state index contributed by atoms with van der Waals surface area (Å²) in [7, 11) is 0. The molecule has 142 valence electrons. The molecule has 1 aliphatic rings. The highest BCUT2D eigenvalue weighted by molar-refractivity contribution is 7.11. The largest absolute Gasteiger partial charge is 0.382 e. The maximum Gasteiger partial charge on any atom is 0.278 e. The smallest absolute Gasteiger partial charge is 0.278 e. The van der Waals surface area contributed by atoms with Crippen LogP contribution in [0, 0.1) is 6.92 Å². The average molecular weight is 405 g/mol. The van der Waals surface area contributed by atoms with Crippen molar-refractivity contribution in [1.29, 1.82) is 0 Å². The number of nitrogens with one attached hydrogen (secondary N) is 1. The van der Waals surface area contributed by atoms with E-state index in [1.165, 1.54) is 16.2 Å². The Morgan fingerprint density at radius 3 is 2.74 bits per heavy atom. The van der Waals surface area contributed by atoms with Crippen LogP contribution in [0.2, 0.25) is 5.02 Å². The topological polar surface area (TPSA) is 58.6 Å². The number of ether oxygens (including phenoxy) is 1. The molecule has 0 spiro atoms. The van der Waals surface area contributed by atoms with E-state index in [-0.39, 0.29) is 11.8 Å². The van der Waals surface area contributed by atoms with Crippen LogP contribution in [-0.2, 0) is 14.3 Å². The summed E-state index contributed by atoms with van der Waals surface area (Å²) in [5.74, 6) is -0.597. The van der Waals surface area contributed by atoms with Gasteiger partial charge < -0.3 is 10.1 Å². The van der Waals surface area contributed by atoms with Crippen LogP contribution in [0.3, 0.4) is 0 Å². The van der Waals surface area contributed by atoms with E-state index in [2.05, 4.69) is 5.32 Å². The molecule has 0 fully saturated rings. The Labute approximate surface area is 167 Å². The fraction of sp³-hybridized carbons (Fsp3) is 0.300. The molecular formula is C20H21ClN2O3S. The highest BCUT2D eigenvalue weighted by Gasteiger charge is 2.39. The molecule has 0 saturated carbocycles. The lowest BCUT2D eigenvalue weighted by Crippen LogP contribution is -2.34. The summed E-state index contributed by atoms with van der Waals surface area (Å²) in [5.41, 5.74) is 2.35. The Morgan fingerprint density at radius 1 is 1.22 bits per heavy atom.